The molecule has 1 N–H and O–H groups in total. The highest BCUT2D eigenvalue weighted by Crippen LogP contribution is 2.33. The molecule has 1 amide bonds. The van der Waals surface area contributed by atoms with E-state index in [2.05, 4.69) is 5.32 Å². The van der Waals surface area contributed by atoms with Crippen LogP contribution < -0.4 is 5.32 Å². The van der Waals surface area contributed by atoms with Crippen LogP contribution in [-0.4, -0.2) is 42.8 Å². The number of carbonyl (C=O) groups is 1. The molecule has 7 heteroatoms. The molecule has 27 heavy (non-hydrogen) atoms. The molecule has 0 aromatic heterocycles. The maximum atomic E-state index is 13.4. The summed E-state index contributed by atoms with van der Waals surface area (Å²) in [4.78, 5) is 12.8. The Morgan fingerprint density at radius 3 is 2.52 bits per heavy atom. The van der Waals surface area contributed by atoms with E-state index >= 15 is 0 Å². The first-order chi connectivity index (χ1) is 12.9. The Balaban J connectivity index is 1.94. The van der Waals surface area contributed by atoms with E-state index in [-0.39, 0.29) is 16.7 Å². The second kappa shape index (κ2) is 8.46. The molecule has 2 aromatic carbocycles. The Kier molecular flexibility index (Phi) is 6.24. The summed E-state index contributed by atoms with van der Waals surface area (Å²) in [5, 5.41) is 2.87. The van der Waals surface area contributed by atoms with Crippen LogP contribution in [0.3, 0.4) is 0 Å². The Hall–Kier alpha value is -1.83. The molecule has 1 unspecified atom stereocenters. The van der Waals surface area contributed by atoms with Crippen LogP contribution in [0, 0.1) is 5.92 Å². The Labute approximate surface area is 165 Å². The van der Waals surface area contributed by atoms with Crippen molar-refractivity contribution >= 4 is 27.7 Å². The number of carbonyl (C=O) groups excluding carboxylic acids is 1. The Bertz CT molecular complexity index is 898. The number of hydrogen-bond acceptors (Lipinski definition) is 4. The van der Waals surface area contributed by atoms with Crippen LogP contribution in [-0.2, 0) is 14.8 Å². The third kappa shape index (κ3) is 4.36. The largest absolute Gasteiger partial charge is 0.354 e. The van der Waals surface area contributed by atoms with Gasteiger partial charge in [-0.1, -0.05) is 62.4 Å². The number of sulfonamides is 1. The topological polar surface area (TPSA) is 66.5 Å². The maximum Gasteiger partial charge on any atom is 0.245 e. The summed E-state index contributed by atoms with van der Waals surface area (Å²) >= 11 is 1.46. The van der Waals surface area contributed by atoms with Gasteiger partial charge >= 0.3 is 0 Å². The summed E-state index contributed by atoms with van der Waals surface area (Å²) in [5.74, 6) is 0.836. The number of nitrogens with one attached hydrogen (secondary N) is 1. The molecule has 0 spiro atoms. The standard InChI is InChI=1S/C20H24N2O3S2/c1-15(2)12-21-20(23)18-13-26-14-22(18)27(24,25)19-11-7-6-10-17(19)16-8-4-3-5-9-16/h3-11,15,18H,12-14H2,1-2H3,(H,21,23). The van der Waals surface area contributed by atoms with Gasteiger partial charge in [0.05, 0.1) is 10.8 Å². The van der Waals surface area contributed by atoms with Gasteiger partial charge in [-0.2, -0.15) is 4.31 Å². The number of nitrogens with zero attached hydrogens (tertiary/aromatic N) is 1. The maximum absolute atomic E-state index is 13.4. The Morgan fingerprint density at radius 2 is 1.81 bits per heavy atom. The minimum absolute atomic E-state index is 0.227. The highest BCUT2D eigenvalue weighted by Gasteiger charge is 2.40. The van der Waals surface area contributed by atoms with E-state index < -0.39 is 16.1 Å². The van der Waals surface area contributed by atoms with Crippen LogP contribution in [0.4, 0.5) is 0 Å². The monoisotopic (exact) mass is 404 g/mol. The third-order valence-corrected chi connectivity index (χ3v) is 7.48. The van der Waals surface area contributed by atoms with Crippen molar-refractivity contribution in [3.05, 3.63) is 54.6 Å². The van der Waals surface area contributed by atoms with Gasteiger partial charge in [0.1, 0.15) is 6.04 Å². The van der Waals surface area contributed by atoms with E-state index in [1.165, 1.54) is 16.1 Å². The van der Waals surface area contributed by atoms with Crippen molar-refractivity contribution in [3.8, 4) is 11.1 Å². The molecule has 1 saturated heterocycles. The first kappa shape index (κ1) is 19.9. The average molecular weight is 405 g/mol. The van der Waals surface area contributed by atoms with Crippen molar-refractivity contribution in [1.82, 2.24) is 9.62 Å². The van der Waals surface area contributed by atoms with E-state index in [0.717, 1.165) is 5.56 Å². The average Bonchev–Trinajstić information content (AvgIpc) is 3.17. The van der Waals surface area contributed by atoms with Gasteiger partial charge in [0.25, 0.3) is 0 Å². The minimum atomic E-state index is -3.80. The summed E-state index contributed by atoms with van der Waals surface area (Å²) in [7, 11) is -3.80. The molecule has 2 aromatic rings. The first-order valence-corrected chi connectivity index (χ1v) is 11.5. The minimum Gasteiger partial charge on any atom is -0.354 e. The fraction of sp³-hybridized carbons (Fsp3) is 0.350. The van der Waals surface area contributed by atoms with Crippen LogP contribution in [0.1, 0.15) is 13.8 Å². The highest BCUT2D eigenvalue weighted by atomic mass is 32.2. The number of benzene rings is 2. The smallest absolute Gasteiger partial charge is 0.245 e. The van der Waals surface area contributed by atoms with Crippen LogP contribution in [0.25, 0.3) is 11.1 Å². The van der Waals surface area contributed by atoms with Crippen LogP contribution in [0.5, 0.6) is 0 Å². The van der Waals surface area contributed by atoms with Gasteiger partial charge < -0.3 is 5.32 Å². The Morgan fingerprint density at radius 1 is 1.15 bits per heavy atom. The third-order valence-electron chi connectivity index (χ3n) is 4.39. The fourth-order valence-electron chi connectivity index (χ4n) is 2.97. The first-order valence-electron chi connectivity index (χ1n) is 8.93. The normalized spacial score (nSPS) is 18.0. The molecule has 144 valence electrons. The number of amides is 1. The number of thioether (sulfide) groups is 1. The summed E-state index contributed by atoms with van der Waals surface area (Å²) in [6.45, 7) is 4.55. The molecule has 0 radical (unpaired) electrons. The highest BCUT2D eigenvalue weighted by molar-refractivity contribution is 8.00. The van der Waals surface area contributed by atoms with Gasteiger partial charge in [0.2, 0.25) is 15.9 Å². The fourth-order valence-corrected chi connectivity index (χ4v) is 6.33. The van der Waals surface area contributed by atoms with Crippen LogP contribution in [0.2, 0.25) is 0 Å². The van der Waals surface area contributed by atoms with Crippen molar-refractivity contribution in [2.45, 2.75) is 24.8 Å². The predicted molar refractivity (Wildman–Crippen MR) is 110 cm³/mol. The lowest BCUT2D eigenvalue weighted by Gasteiger charge is -2.24. The molecule has 1 fully saturated rings. The summed E-state index contributed by atoms with van der Waals surface area (Å²) in [5.41, 5.74) is 1.49. The quantitative estimate of drug-likeness (QED) is 0.803. The second-order valence-corrected chi connectivity index (χ2v) is 9.77. The zero-order valence-corrected chi connectivity index (χ0v) is 17.1. The molecule has 0 aliphatic carbocycles. The number of rotatable bonds is 6. The van der Waals surface area contributed by atoms with Crippen LogP contribution in [0.15, 0.2) is 59.5 Å². The van der Waals surface area contributed by atoms with Crippen molar-refractivity contribution in [2.24, 2.45) is 5.92 Å². The van der Waals surface area contributed by atoms with Crippen molar-refractivity contribution in [2.75, 3.05) is 18.2 Å². The molecular weight excluding hydrogens is 380 g/mol. The second-order valence-electron chi connectivity index (χ2n) is 6.91. The van der Waals surface area contributed by atoms with Gasteiger partial charge in [-0.3, -0.25) is 4.79 Å². The molecule has 1 aliphatic rings. The molecule has 0 saturated carbocycles. The molecule has 1 atom stereocenters. The van der Waals surface area contributed by atoms with Crippen molar-refractivity contribution in [3.63, 3.8) is 0 Å². The van der Waals surface area contributed by atoms with Gasteiger partial charge in [0.15, 0.2) is 0 Å². The predicted octanol–water partition coefficient (Wildman–Crippen LogP) is 3.19. The zero-order valence-electron chi connectivity index (χ0n) is 15.5. The SMILES string of the molecule is CC(C)CNC(=O)C1CSCN1S(=O)(=O)c1ccccc1-c1ccccc1. The lowest BCUT2D eigenvalue weighted by molar-refractivity contribution is -0.123. The lowest BCUT2D eigenvalue weighted by Crippen LogP contribution is -2.47. The molecular formula is C20H24N2O3S2. The van der Waals surface area contributed by atoms with E-state index in [4.69, 9.17) is 0 Å². The number of hydrogen-bond donors (Lipinski definition) is 1. The van der Waals surface area contributed by atoms with Crippen molar-refractivity contribution < 1.29 is 13.2 Å². The van der Waals surface area contributed by atoms with Gasteiger partial charge in [-0.25, -0.2) is 8.42 Å². The summed E-state index contributed by atoms with van der Waals surface area (Å²) in [6, 6.07) is 15.7. The molecule has 5 nitrogen and oxygen atoms in total. The molecule has 1 heterocycles. The molecule has 3 rings (SSSR count). The van der Waals surface area contributed by atoms with E-state index in [1.807, 2.05) is 50.2 Å². The van der Waals surface area contributed by atoms with Gasteiger partial charge in [-0.15, -0.1) is 11.8 Å². The van der Waals surface area contributed by atoms with Gasteiger partial charge in [0, 0.05) is 17.9 Å². The summed E-state index contributed by atoms with van der Waals surface area (Å²) < 4.78 is 28.2. The summed E-state index contributed by atoms with van der Waals surface area (Å²) in [6.07, 6.45) is 0. The van der Waals surface area contributed by atoms with Crippen LogP contribution >= 0.6 is 11.8 Å². The molecule has 0 bridgehead atoms. The van der Waals surface area contributed by atoms with Gasteiger partial charge in [-0.05, 0) is 17.5 Å². The van der Waals surface area contributed by atoms with E-state index in [9.17, 15) is 13.2 Å². The van der Waals surface area contributed by atoms with Crippen molar-refractivity contribution in [1.29, 1.82) is 0 Å². The molecule has 1 aliphatic heterocycles. The lowest BCUT2D eigenvalue weighted by atomic mass is 10.1. The van der Waals surface area contributed by atoms with E-state index in [1.54, 1.807) is 18.2 Å². The van der Waals surface area contributed by atoms with E-state index in [0.29, 0.717) is 23.8 Å². The zero-order chi connectivity index (χ0) is 19.4.